The Kier molecular flexibility index (Phi) is 6.70. The number of rotatable bonds is 7. The van der Waals surface area contributed by atoms with E-state index < -0.39 is 0 Å². The molecule has 1 aliphatic heterocycles. The second kappa shape index (κ2) is 9.41. The van der Waals surface area contributed by atoms with Gasteiger partial charge in [-0.05, 0) is 69.4 Å². The Bertz CT molecular complexity index is 717. The standard InChI is InChI=1S/C20H28N4O3/c1-14-19(15(2)24-23-14)10-11-21-20(25)22-16-6-8-17(9-7-16)27-13-18-5-3-4-12-26-18/h6-9,18H,3-5,10-13H2,1-2H3,(H,23,24)(H2,21,22,25)/t18-/m0/s1. The Labute approximate surface area is 159 Å². The quantitative estimate of drug-likeness (QED) is 0.695. The largest absolute Gasteiger partial charge is 0.491 e. The normalized spacial score (nSPS) is 16.7. The highest BCUT2D eigenvalue weighted by Gasteiger charge is 2.14. The summed E-state index contributed by atoms with van der Waals surface area (Å²) in [6.45, 7) is 5.89. The molecule has 0 radical (unpaired) electrons. The molecular weight excluding hydrogens is 344 g/mol. The van der Waals surface area contributed by atoms with E-state index in [0.717, 1.165) is 54.3 Å². The highest BCUT2D eigenvalue weighted by molar-refractivity contribution is 5.89. The summed E-state index contributed by atoms with van der Waals surface area (Å²) in [6, 6.07) is 7.16. The van der Waals surface area contributed by atoms with Gasteiger partial charge in [-0.3, -0.25) is 5.10 Å². The number of amides is 2. The number of anilines is 1. The summed E-state index contributed by atoms with van der Waals surface area (Å²) in [5, 5.41) is 12.8. The summed E-state index contributed by atoms with van der Waals surface area (Å²) < 4.78 is 11.4. The second-order valence-corrected chi connectivity index (χ2v) is 6.87. The van der Waals surface area contributed by atoms with Crippen LogP contribution in [0.3, 0.4) is 0 Å². The molecular formula is C20H28N4O3. The first kappa shape index (κ1) is 19.2. The molecule has 1 aromatic heterocycles. The van der Waals surface area contributed by atoms with Crippen LogP contribution in [0.25, 0.3) is 0 Å². The lowest BCUT2D eigenvalue weighted by Gasteiger charge is -2.22. The van der Waals surface area contributed by atoms with Crippen molar-refractivity contribution in [3.8, 4) is 5.75 Å². The van der Waals surface area contributed by atoms with E-state index in [1.54, 1.807) is 0 Å². The highest BCUT2D eigenvalue weighted by Crippen LogP contribution is 2.18. The maximum absolute atomic E-state index is 12.0. The number of urea groups is 1. The highest BCUT2D eigenvalue weighted by atomic mass is 16.5. The van der Waals surface area contributed by atoms with E-state index in [1.165, 1.54) is 6.42 Å². The van der Waals surface area contributed by atoms with Gasteiger partial charge in [0.2, 0.25) is 0 Å². The molecule has 3 N–H and O–H groups in total. The molecule has 1 fully saturated rings. The smallest absolute Gasteiger partial charge is 0.319 e. The molecule has 1 aliphatic rings. The summed E-state index contributed by atoms with van der Waals surface area (Å²) in [7, 11) is 0. The van der Waals surface area contributed by atoms with Gasteiger partial charge in [-0.25, -0.2) is 4.79 Å². The zero-order valence-electron chi connectivity index (χ0n) is 16.0. The molecule has 2 amide bonds. The van der Waals surface area contributed by atoms with E-state index >= 15 is 0 Å². The summed E-state index contributed by atoms with van der Waals surface area (Å²) in [5.74, 6) is 0.779. The lowest BCUT2D eigenvalue weighted by molar-refractivity contribution is -0.0110. The minimum absolute atomic E-state index is 0.185. The van der Waals surface area contributed by atoms with Gasteiger partial charge < -0.3 is 20.1 Å². The van der Waals surface area contributed by atoms with E-state index in [2.05, 4.69) is 20.8 Å². The van der Waals surface area contributed by atoms with Crippen LogP contribution in [0.15, 0.2) is 24.3 Å². The fraction of sp³-hybridized carbons (Fsp3) is 0.500. The number of nitrogens with zero attached hydrogens (tertiary/aromatic N) is 1. The first-order valence-corrected chi connectivity index (χ1v) is 9.51. The second-order valence-electron chi connectivity index (χ2n) is 6.87. The van der Waals surface area contributed by atoms with Gasteiger partial charge in [0.05, 0.1) is 11.8 Å². The molecule has 0 spiro atoms. The molecule has 2 aromatic rings. The molecule has 146 valence electrons. The number of aromatic amines is 1. The molecule has 0 bridgehead atoms. The van der Waals surface area contributed by atoms with Crippen LogP contribution in [-0.4, -0.2) is 42.1 Å². The Morgan fingerprint density at radius 3 is 2.78 bits per heavy atom. The predicted molar refractivity (Wildman–Crippen MR) is 104 cm³/mol. The molecule has 3 rings (SSSR count). The van der Waals surface area contributed by atoms with Gasteiger partial charge in [0.25, 0.3) is 0 Å². The molecule has 0 saturated carbocycles. The van der Waals surface area contributed by atoms with Crippen molar-refractivity contribution in [2.45, 2.75) is 45.6 Å². The van der Waals surface area contributed by atoms with Gasteiger partial charge in [0.15, 0.2) is 0 Å². The van der Waals surface area contributed by atoms with E-state index in [1.807, 2.05) is 38.1 Å². The van der Waals surface area contributed by atoms with Crippen molar-refractivity contribution in [1.82, 2.24) is 15.5 Å². The lowest BCUT2D eigenvalue weighted by Crippen LogP contribution is -2.30. The monoisotopic (exact) mass is 372 g/mol. The third kappa shape index (κ3) is 5.72. The third-order valence-electron chi connectivity index (χ3n) is 4.76. The summed E-state index contributed by atoms with van der Waals surface area (Å²) >= 11 is 0. The first-order chi connectivity index (χ1) is 13.1. The van der Waals surface area contributed by atoms with Crippen molar-refractivity contribution >= 4 is 11.7 Å². The number of carbonyl (C=O) groups excluding carboxylic acids is 1. The Hall–Kier alpha value is -2.54. The lowest BCUT2D eigenvalue weighted by atomic mass is 10.1. The van der Waals surface area contributed by atoms with Crippen LogP contribution in [0.1, 0.15) is 36.2 Å². The zero-order chi connectivity index (χ0) is 19.1. The molecule has 0 aliphatic carbocycles. The van der Waals surface area contributed by atoms with Gasteiger partial charge in [0.1, 0.15) is 12.4 Å². The molecule has 0 unspecified atom stereocenters. The van der Waals surface area contributed by atoms with Crippen LogP contribution < -0.4 is 15.4 Å². The SMILES string of the molecule is Cc1n[nH]c(C)c1CCNC(=O)Nc1ccc(OC[C@@H]2CCCCO2)cc1. The molecule has 1 saturated heterocycles. The van der Waals surface area contributed by atoms with Gasteiger partial charge in [-0.1, -0.05) is 0 Å². The number of aryl methyl sites for hydroxylation is 2. The van der Waals surface area contributed by atoms with E-state index in [-0.39, 0.29) is 12.1 Å². The molecule has 27 heavy (non-hydrogen) atoms. The number of benzene rings is 1. The van der Waals surface area contributed by atoms with Crippen LogP contribution in [0, 0.1) is 13.8 Å². The predicted octanol–water partition coefficient (Wildman–Crippen LogP) is 3.34. The first-order valence-electron chi connectivity index (χ1n) is 9.51. The van der Waals surface area contributed by atoms with Crippen molar-refractivity contribution in [3.63, 3.8) is 0 Å². The number of nitrogens with one attached hydrogen (secondary N) is 3. The van der Waals surface area contributed by atoms with Gasteiger partial charge >= 0.3 is 6.03 Å². The molecule has 2 heterocycles. The topological polar surface area (TPSA) is 88.3 Å². The molecule has 1 atom stereocenters. The fourth-order valence-corrected chi connectivity index (χ4v) is 3.18. The van der Waals surface area contributed by atoms with Crippen LogP contribution in [0.4, 0.5) is 10.5 Å². The van der Waals surface area contributed by atoms with Crippen molar-refractivity contribution in [3.05, 3.63) is 41.2 Å². The minimum atomic E-state index is -0.224. The number of hydrogen-bond donors (Lipinski definition) is 3. The maximum Gasteiger partial charge on any atom is 0.319 e. The third-order valence-corrected chi connectivity index (χ3v) is 4.76. The summed E-state index contributed by atoms with van der Waals surface area (Å²) in [6.07, 6.45) is 4.33. The van der Waals surface area contributed by atoms with E-state index in [4.69, 9.17) is 9.47 Å². The number of H-pyrrole nitrogens is 1. The number of carbonyl (C=O) groups is 1. The zero-order valence-corrected chi connectivity index (χ0v) is 16.0. The maximum atomic E-state index is 12.0. The average molecular weight is 372 g/mol. The van der Waals surface area contributed by atoms with Gasteiger partial charge in [-0.15, -0.1) is 0 Å². The molecule has 1 aromatic carbocycles. The van der Waals surface area contributed by atoms with E-state index in [9.17, 15) is 4.79 Å². The van der Waals surface area contributed by atoms with Crippen molar-refractivity contribution in [2.75, 3.05) is 25.1 Å². The van der Waals surface area contributed by atoms with Crippen LogP contribution in [-0.2, 0) is 11.2 Å². The number of ether oxygens (including phenoxy) is 2. The van der Waals surface area contributed by atoms with Crippen LogP contribution >= 0.6 is 0 Å². The average Bonchev–Trinajstić information content (AvgIpc) is 3.00. The molecule has 7 nitrogen and oxygen atoms in total. The molecule has 7 heteroatoms. The van der Waals surface area contributed by atoms with Crippen molar-refractivity contribution in [2.24, 2.45) is 0 Å². The van der Waals surface area contributed by atoms with Crippen molar-refractivity contribution < 1.29 is 14.3 Å². The van der Waals surface area contributed by atoms with Gasteiger partial charge in [0, 0.05) is 24.5 Å². The van der Waals surface area contributed by atoms with E-state index in [0.29, 0.717) is 13.2 Å². The Morgan fingerprint density at radius 2 is 2.11 bits per heavy atom. The number of hydrogen-bond acceptors (Lipinski definition) is 4. The number of aromatic nitrogens is 2. The fourth-order valence-electron chi connectivity index (χ4n) is 3.18. The summed E-state index contributed by atoms with van der Waals surface area (Å²) in [4.78, 5) is 12.0. The van der Waals surface area contributed by atoms with Gasteiger partial charge in [-0.2, -0.15) is 5.10 Å². The Balaban J connectivity index is 1.39. The van der Waals surface area contributed by atoms with Crippen LogP contribution in [0.5, 0.6) is 5.75 Å². The Morgan fingerprint density at radius 1 is 1.30 bits per heavy atom. The minimum Gasteiger partial charge on any atom is -0.491 e. The van der Waals surface area contributed by atoms with Crippen molar-refractivity contribution in [1.29, 1.82) is 0 Å². The summed E-state index contributed by atoms with van der Waals surface area (Å²) in [5.41, 5.74) is 3.90. The van der Waals surface area contributed by atoms with Crippen LogP contribution in [0.2, 0.25) is 0 Å².